The summed E-state index contributed by atoms with van der Waals surface area (Å²) in [4.78, 5) is 41.1. The van der Waals surface area contributed by atoms with Gasteiger partial charge in [0, 0.05) is 12.1 Å². The minimum absolute atomic E-state index is 0.124. The summed E-state index contributed by atoms with van der Waals surface area (Å²) < 4.78 is 1.89. The van der Waals surface area contributed by atoms with Crippen LogP contribution in [0.15, 0.2) is 5.16 Å². The number of nitrogens with two attached hydrogens (primary N) is 1. The summed E-state index contributed by atoms with van der Waals surface area (Å²) in [6.07, 6.45) is 5.58. The summed E-state index contributed by atoms with van der Waals surface area (Å²) >= 11 is 0. The van der Waals surface area contributed by atoms with E-state index in [2.05, 4.69) is 9.99 Å². The first kappa shape index (κ1) is 18.1. The fourth-order valence-corrected chi connectivity index (χ4v) is 3.72. The molecule has 26 heavy (non-hydrogen) atoms. The number of carbonyl (C=O) groups excluding carboxylic acids is 3. The van der Waals surface area contributed by atoms with Gasteiger partial charge in [-0.3, -0.25) is 19.1 Å². The first-order valence-corrected chi connectivity index (χ1v) is 8.93. The molecule has 1 aliphatic carbocycles. The number of hydrogen-bond acceptors (Lipinski definition) is 6. The number of hydrogen-bond donors (Lipinski definition) is 1. The topological polar surface area (TPSA) is 120 Å². The second kappa shape index (κ2) is 7.67. The number of carbonyl (C=O) groups is 3. The molecule has 0 bridgehead atoms. The lowest BCUT2D eigenvalue weighted by atomic mass is 10.0. The Morgan fingerprint density at radius 2 is 2.12 bits per heavy atom. The molecule has 1 saturated carbocycles. The van der Waals surface area contributed by atoms with Crippen LogP contribution in [0.3, 0.4) is 0 Å². The van der Waals surface area contributed by atoms with Crippen molar-refractivity contribution in [3.8, 4) is 0 Å². The Bertz CT molecular complexity index is 749. The van der Waals surface area contributed by atoms with Crippen molar-refractivity contribution in [2.24, 2.45) is 10.9 Å². The third-order valence-corrected chi connectivity index (χ3v) is 4.90. The summed E-state index contributed by atoms with van der Waals surface area (Å²) in [5, 5.41) is 7.91. The summed E-state index contributed by atoms with van der Waals surface area (Å²) in [6.45, 7) is 2.36. The zero-order valence-electron chi connectivity index (χ0n) is 14.8. The van der Waals surface area contributed by atoms with Crippen LogP contribution in [0.1, 0.15) is 60.4 Å². The Hall–Kier alpha value is -2.71. The Labute approximate surface area is 151 Å². The monoisotopic (exact) mass is 361 g/mol. The zero-order chi connectivity index (χ0) is 18.7. The summed E-state index contributed by atoms with van der Waals surface area (Å²) in [5.41, 5.74) is 7.38. The van der Waals surface area contributed by atoms with E-state index in [1.54, 1.807) is 0 Å². The molecule has 9 nitrogen and oxygen atoms in total. The fourth-order valence-electron chi connectivity index (χ4n) is 3.72. The van der Waals surface area contributed by atoms with E-state index in [0.717, 1.165) is 49.6 Å². The molecule has 2 N–H and O–H groups in total. The largest absolute Gasteiger partial charge is 0.430 e. The van der Waals surface area contributed by atoms with Crippen LogP contribution < -0.4 is 5.73 Å². The Morgan fingerprint density at radius 3 is 2.77 bits per heavy atom. The van der Waals surface area contributed by atoms with E-state index in [4.69, 9.17) is 10.8 Å². The number of ketones is 1. The highest BCUT2D eigenvalue weighted by atomic mass is 16.7. The fraction of sp³-hybridized carbons (Fsp3) is 0.588. The van der Waals surface area contributed by atoms with Crippen LogP contribution in [0.5, 0.6) is 0 Å². The molecular formula is C17H23N5O4. The minimum atomic E-state index is -1.10. The van der Waals surface area contributed by atoms with Crippen molar-refractivity contribution in [1.29, 1.82) is 0 Å². The number of primary amides is 1. The highest BCUT2D eigenvalue weighted by Gasteiger charge is 2.34. The summed E-state index contributed by atoms with van der Waals surface area (Å²) in [6, 6.07) is 0.259. The molecule has 2 heterocycles. The lowest BCUT2D eigenvalue weighted by Gasteiger charge is -2.27. The van der Waals surface area contributed by atoms with Crippen molar-refractivity contribution >= 4 is 24.0 Å². The Balaban J connectivity index is 1.78. The second-order valence-corrected chi connectivity index (χ2v) is 6.60. The first-order valence-electron chi connectivity index (χ1n) is 8.93. The molecule has 0 radical (unpaired) electrons. The molecular weight excluding hydrogens is 338 g/mol. The number of aromatic nitrogens is 2. The van der Waals surface area contributed by atoms with Crippen molar-refractivity contribution < 1.29 is 19.2 Å². The quantitative estimate of drug-likeness (QED) is 0.464. The molecule has 0 atom stereocenters. The predicted octanol–water partition coefficient (Wildman–Crippen LogP) is 1.21. The normalized spacial score (nSPS) is 17.7. The van der Waals surface area contributed by atoms with Crippen molar-refractivity contribution in [1.82, 2.24) is 14.7 Å². The maximum atomic E-state index is 13.0. The number of Topliss-reactive ketones (excluding diaryl/α,β-unsaturated/α-hetero) is 1. The van der Waals surface area contributed by atoms with Crippen LogP contribution in [-0.2, 0) is 22.5 Å². The van der Waals surface area contributed by atoms with Crippen molar-refractivity contribution in [2.75, 3.05) is 13.1 Å². The van der Waals surface area contributed by atoms with E-state index in [9.17, 15) is 14.4 Å². The summed E-state index contributed by atoms with van der Waals surface area (Å²) in [7, 11) is 0. The molecule has 0 spiro atoms. The third-order valence-electron chi connectivity index (χ3n) is 4.90. The van der Waals surface area contributed by atoms with Crippen LogP contribution in [0.25, 0.3) is 0 Å². The number of nitrogens with zero attached hydrogens (tertiary/aromatic N) is 4. The third kappa shape index (κ3) is 3.61. The second-order valence-electron chi connectivity index (χ2n) is 6.60. The van der Waals surface area contributed by atoms with E-state index in [1.807, 2.05) is 11.6 Å². The molecule has 0 unspecified atom stereocenters. The van der Waals surface area contributed by atoms with Gasteiger partial charge in [0.1, 0.15) is 11.9 Å². The maximum Gasteiger partial charge on any atom is 0.430 e. The van der Waals surface area contributed by atoms with E-state index in [1.165, 1.54) is 4.90 Å². The lowest BCUT2D eigenvalue weighted by molar-refractivity contribution is -0.113. The molecule has 1 aromatic rings. The van der Waals surface area contributed by atoms with E-state index >= 15 is 0 Å². The molecule has 1 aliphatic heterocycles. The average Bonchev–Trinajstić information content (AvgIpc) is 3.24. The summed E-state index contributed by atoms with van der Waals surface area (Å²) in [5.74, 6) is -0.617. The van der Waals surface area contributed by atoms with Gasteiger partial charge in [-0.15, -0.1) is 0 Å². The molecule has 9 heteroatoms. The number of aryl methyl sites for hydroxylation is 1. The SMILES string of the molecule is CCc1nn(C2CCCC2)c2c1CCN(CC(=O)C=NOC(N)=O)C2=O. The smallest absolute Gasteiger partial charge is 0.333 e. The van der Waals surface area contributed by atoms with Crippen LogP contribution in [0.2, 0.25) is 0 Å². The first-order chi connectivity index (χ1) is 12.5. The zero-order valence-corrected chi connectivity index (χ0v) is 14.8. The Morgan fingerprint density at radius 1 is 1.38 bits per heavy atom. The highest BCUT2D eigenvalue weighted by molar-refractivity contribution is 6.28. The number of rotatable bonds is 6. The van der Waals surface area contributed by atoms with Gasteiger partial charge in [0.15, 0.2) is 5.78 Å². The lowest BCUT2D eigenvalue weighted by Crippen LogP contribution is -2.42. The van der Waals surface area contributed by atoms with Crippen molar-refractivity contribution in [3.05, 3.63) is 17.0 Å². The number of oxime groups is 1. The number of fused-ring (bicyclic) bond motifs is 1. The molecule has 1 fully saturated rings. The molecule has 140 valence electrons. The van der Waals surface area contributed by atoms with E-state index < -0.39 is 11.9 Å². The minimum Gasteiger partial charge on any atom is -0.333 e. The van der Waals surface area contributed by atoms with Crippen LogP contribution in [-0.4, -0.2) is 51.8 Å². The highest BCUT2D eigenvalue weighted by Crippen LogP contribution is 2.33. The number of amides is 2. The molecule has 3 rings (SSSR count). The van der Waals surface area contributed by atoms with Gasteiger partial charge in [0.05, 0.1) is 18.3 Å². The van der Waals surface area contributed by atoms with Crippen molar-refractivity contribution in [3.63, 3.8) is 0 Å². The average molecular weight is 361 g/mol. The van der Waals surface area contributed by atoms with Crippen LogP contribution in [0.4, 0.5) is 4.79 Å². The standard InChI is InChI=1S/C17H23N5O4/c1-2-14-13-7-8-21(10-12(23)9-19-26-17(18)25)16(24)15(13)22(20-14)11-5-3-4-6-11/h9,11H,2-8,10H2,1H3,(H2,18,25). The van der Waals surface area contributed by atoms with Gasteiger partial charge in [-0.1, -0.05) is 24.9 Å². The van der Waals surface area contributed by atoms with Gasteiger partial charge in [-0.05, 0) is 25.7 Å². The molecule has 0 saturated heterocycles. The van der Waals surface area contributed by atoms with Gasteiger partial charge in [0.25, 0.3) is 5.91 Å². The Kier molecular flexibility index (Phi) is 5.34. The van der Waals surface area contributed by atoms with Gasteiger partial charge >= 0.3 is 6.09 Å². The molecule has 0 aromatic carbocycles. The van der Waals surface area contributed by atoms with Crippen LogP contribution >= 0.6 is 0 Å². The van der Waals surface area contributed by atoms with Crippen molar-refractivity contribution in [2.45, 2.75) is 51.5 Å². The van der Waals surface area contributed by atoms with Gasteiger partial charge < -0.3 is 10.6 Å². The van der Waals surface area contributed by atoms with E-state index in [-0.39, 0.29) is 18.5 Å². The van der Waals surface area contributed by atoms with Crippen LogP contribution in [0, 0.1) is 0 Å². The maximum absolute atomic E-state index is 13.0. The van der Waals surface area contributed by atoms with E-state index in [0.29, 0.717) is 18.7 Å². The van der Waals surface area contributed by atoms with Gasteiger partial charge in [0.2, 0.25) is 0 Å². The molecule has 1 aromatic heterocycles. The van der Waals surface area contributed by atoms with Gasteiger partial charge in [-0.2, -0.15) is 5.10 Å². The van der Waals surface area contributed by atoms with Gasteiger partial charge in [-0.25, -0.2) is 4.79 Å². The molecule has 2 amide bonds. The predicted molar refractivity (Wildman–Crippen MR) is 92.9 cm³/mol. The molecule has 2 aliphatic rings.